The number of benzene rings is 1. The van der Waals surface area contributed by atoms with E-state index >= 15 is 0 Å². The van der Waals surface area contributed by atoms with Crippen LogP contribution in [0, 0.1) is 6.92 Å². The zero-order valence-corrected chi connectivity index (χ0v) is 10.7. The molecule has 0 heterocycles. The number of amidine groups is 1. The van der Waals surface area contributed by atoms with Gasteiger partial charge in [-0.2, -0.15) is 0 Å². The number of methoxy groups -OCH3 is 1. The fraction of sp³-hybridized carbons (Fsp3) is 0.364. The average molecular weight is 258 g/mol. The van der Waals surface area contributed by atoms with Gasteiger partial charge in [0.05, 0.1) is 18.8 Å². The van der Waals surface area contributed by atoms with E-state index in [4.69, 9.17) is 27.3 Å². The summed E-state index contributed by atoms with van der Waals surface area (Å²) in [6.07, 6.45) is 0. The van der Waals surface area contributed by atoms with Crippen molar-refractivity contribution in [3.05, 3.63) is 22.7 Å². The molecule has 5 nitrogen and oxygen atoms in total. The van der Waals surface area contributed by atoms with Crippen LogP contribution in [0.2, 0.25) is 5.02 Å². The lowest BCUT2D eigenvalue weighted by Gasteiger charge is -2.17. The molecule has 0 saturated heterocycles. The van der Waals surface area contributed by atoms with Gasteiger partial charge in [-0.15, -0.1) is 0 Å². The second-order valence-electron chi connectivity index (χ2n) is 3.69. The second kappa shape index (κ2) is 5.63. The highest BCUT2D eigenvalue weighted by Gasteiger charge is 2.12. The standard InChI is InChI=1S/C11H16ClN3O2/c1-6-4-9(10(17-3)5-8(6)12)14-7(2)11(13)15-16/h4-5,7,14,16H,1-3H3,(H2,13,15). The normalized spacial score (nSPS) is 13.3. The topological polar surface area (TPSA) is 79.9 Å². The van der Waals surface area contributed by atoms with Gasteiger partial charge in [0.25, 0.3) is 0 Å². The lowest BCUT2D eigenvalue weighted by Crippen LogP contribution is -2.33. The largest absolute Gasteiger partial charge is 0.495 e. The first-order valence-corrected chi connectivity index (χ1v) is 5.45. The number of hydrogen-bond donors (Lipinski definition) is 3. The van der Waals surface area contributed by atoms with Crippen LogP contribution < -0.4 is 15.8 Å². The van der Waals surface area contributed by atoms with Crippen LogP contribution in [0.25, 0.3) is 0 Å². The van der Waals surface area contributed by atoms with Crippen molar-refractivity contribution in [2.45, 2.75) is 19.9 Å². The van der Waals surface area contributed by atoms with Crippen LogP contribution in [0.4, 0.5) is 5.69 Å². The van der Waals surface area contributed by atoms with Crippen LogP contribution >= 0.6 is 11.6 Å². The van der Waals surface area contributed by atoms with E-state index in [9.17, 15) is 0 Å². The number of ether oxygens (including phenoxy) is 1. The molecule has 0 radical (unpaired) electrons. The molecule has 0 aromatic heterocycles. The monoisotopic (exact) mass is 257 g/mol. The van der Waals surface area contributed by atoms with E-state index in [0.717, 1.165) is 11.3 Å². The molecular formula is C11H16ClN3O2. The summed E-state index contributed by atoms with van der Waals surface area (Å²) in [5.41, 5.74) is 7.16. The molecule has 1 rings (SSSR count). The lowest BCUT2D eigenvalue weighted by molar-refractivity contribution is 0.316. The van der Waals surface area contributed by atoms with E-state index in [1.165, 1.54) is 0 Å². The van der Waals surface area contributed by atoms with E-state index in [-0.39, 0.29) is 11.9 Å². The third-order valence-corrected chi connectivity index (χ3v) is 2.82. The van der Waals surface area contributed by atoms with Crippen molar-refractivity contribution in [3.8, 4) is 5.75 Å². The average Bonchev–Trinajstić information content (AvgIpc) is 2.32. The number of aryl methyl sites for hydroxylation is 1. The fourth-order valence-electron chi connectivity index (χ4n) is 1.34. The Kier molecular flexibility index (Phi) is 4.45. The van der Waals surface area contributed by atoms with Gasteiger partial charge < -0.3 is 21.0 Å². The summed E-state index contributed by atoms with van der Waals surface area (Å²) in [6, 6.07) is 3.26. The minimum atomic E-state index is -0.311. The maximum absolute atomic E-state index is 8.58. The second-order valence-corrected chi connectivity index (χ2v) is 4.10. The Morgan fingerprint density at radius 2 is 2.24 bits per heavy atom. The van der Waals surface area contributed by atoms with E-state index in [1.54, 1.807) is 20.1 Å². The van der Waals surface area contributed by atoms with Gasteiger partial charge in [0, 0.05) is 11.1 Å². The summed E-state index contributed by atoms with van der Waals surface area (Å²) in [5, 5.41) is 15.2. The molecule has 0 saturated carbocycles. The molecular weight excluding hydrogens is 242 g/mol. The molecule has 4 N–H and O–H groups in total. The number of nitrogens with two attached hydrogens (primary N) is 1. The van der Waals surface area contributed by atoms with Gasteiger partial charge in [0.2, 0.25) is 0 Å². The van der Waals surface area contributed by atoms with Crippen molar-refractivity contribution in [3.63, 3.8) is 0 Å². The van der Waals surface area contributed by atoms with E-state index in [0.29, 0.717) is 10.8 Å². The molecule has 1 aromatic carbocycles. The third-order valence-electron chi connectivity index (χ3n) is 2.41. The van der Waals surface area contributed by atoms with Gasteiger partial charge in [-0.25, -0.2) is 0 Å². The van der Waals surface area contributed by atoms with Crippen LogP contribution in [0.15, 0.2) is 17.3 Å². The predicted octanol–water partition coefficient (Wildman–Crippen LogP) is 2.20. The van der Waals surface area contributed by atoms with Crippen molar-refractivity contribution in [2.24, 2.45) is 10.9 Å². The number of nitrogens with one attached hydrogen (secondary N) is 1. The molecule has 0 spiro atoms. The Balaban J connectivity index is 3.01. The smallest absolute Gasteiger partial charge is 0.161 e. The Bertz CT molecular complexity index is 435. The van der Waals surface area contributed by atoms with Gasteiger partial charge >= 0.3 is 0 Å². The van der Waals surface area contributed by atoms with Gasteiger partial charge in [0.1, 0.15) is 5.75 Å². The number of rotatable bonds is 4. The maximum Gasteiger partial charge on any atom is 0.161 e. The third kappa shape index (κ3) is 3.17. The molecule has 0 aliphatic carbocycles. The summed E-state index contributed by atoms with van der Waals surface area (Å²) in [7, 11) is 1.56. The molecule has 0 bridgehead atoms. The first-order valence-electron chi connectivity index (χ1n) is 5.07. The van der Waals surface area contributed by atoms with Crippen LogP contribution in [0.3, 0.4) is 0 Å². The Morgan fingerprint density at radius 3 is 2.76 bits per heavy atom. The molecule has 6 heteroatoms. The first kappa shape index (κ1) is 13.4. The number of halogens is 1. The molecule has 0 aliphatic rings. The Labute approximate surface area is 105 Å². The molecule has 1 aromatic rings. The highest BCUT2D eigenvalue weighted by Crippen LogP contribution is 2.31. The van der Waals surface area contributed by atoms with Crippen molar-refractivity contribution in [2.75, 3.05) is 12.4 Å². The van der Waals surface area contributed by atoms with E-state index < -0.39 is 0 Å². The zero-order chi connectivity index (χ0) is 13.0. The first-order chi connectivity index (χ1) is 7.99. The van der Waals surface area contributed by atoms with Crippen LogP contribution in [-0.2, 0) is 0 Å². The summed E-state index contributed by atoms with van der Waals surface area (Å²) >= 11 is 5.99. The highest BCUT2D eigenvalue weighted by atomic mass is 35.5. The Hall–Kier alpha value is -1.62. The quantitative estimate of drug-likeness (QED) is 0.334. The SMILES string of the molecule is COc1cc(Cl)c(C)cc1NC(C)C(N)=NO. The molecule has 0 aliphatic heterocycles. The van der Waals surface area contributed by atoms with Crippen molar-refractivity contribution in [1.82, 2.24) is 0 Å². The molecule has 0 amide bonds. The van der Waals surface area contributed by atoms with Crippen LogP contribution in [-0.4, -0.2) is 24.2 Å². The summed E-state index contributed by atoms with van der Waals surface area (Å²) in [4.78, 5) is 0. The van der Waals surface area contributed by atoms with Gasteiger partial charge in [-0.1, -0.05) is 16.8 Å². The van der Waals surface area contributed by atoms with Crippen molar-refractivity contribution < 1.29 is 9.94 Å². The van der Waals surface area contributed by atoms with Gasteiger partial charge in [0.15, 0.2) is 5.84 Å². The van der Waals surface area contributed by atoms with E-state index in [2.05, 4.69) is 10.5 Å². The summed E-state index contributed by atoms with van der Waals surface area (Å²) < 4.78 is 5.21. The highest BCUT2D eigenvalue weighted by molar-refractivity contribution is 6.31. The molecule has 94 valence electrons. The predicted molar refractivity (Wildman–Crippen MR) is 69.2 cm³/mol. The molecule has 1 atom stereocenters. The Morgan fingerprint density at radius 1 is 1.59 bits per heavy atom. The summed E-state index contributed by atoms with van der Waals surface area (Å²) in [6.45, 7) is 3.67. The van der Waals surface area contributed by atoms with E-state index in [1.807, 2.05) is 13.0 Å². The number of hydrogen-bond acceptors (Lipinski definition) is 4. The van der Waals surface area contributed by atoms with Crippen molar-refractivity contribution >= 4 is 23.1 Å². The number of oxime groups is 1. The van der Waals surface area contributed by atoms with Crippen LogP contribution in [0.1, 0.15) is 12.5 Å². The minimum Gasteiger partial charge on any atom is -0.495 e. The zero-order valence-electron chi connectivity index (χ0n) is 9.99. The fourth-order valence-corrected chi connectivity index (χ4v) is 1.49. The summed E-state index contributed by atoms with van der Waals surface area (Å²) in [5.74, 6) is 0.706. The molecule has 17 heavy (non-hydrogen) atoms. The lowest BCUT2D eigenvalue weighted by atomic mass is 10.2. The van der Waals surface area contributed by atoms with Gasteiger partial charge in [-0.3, -0.25) is 0 Å². The molecule has 1 unspecified atom stereocenters. The maximum atomic E-state index is 8.58. The van der Waals surface area contributed by atoms with Gasteiger partial charge in [-0.05, 0) is 25.5 Å². The number of anilines is 1. The number of nitrogens with zero attached hydrogens (tertiary/aromatic N) is 1. The van der Waals surface area contributed by atoms with Crippen LogP contribution in [0.5, 0.6) is 5.75 Å². The minimum absolute atomic E-state index is 0.0969. The van der Waals surface area contributed by atoms with Crippen molar-refractivity contribution in [1.29, 1.82) is 0 Å². The molecule has 0 fully saturated rings.